The lowest BCUT2D eigenvalue weighted by Gasteiger charge is -2.13. The third-order valence-corrected chi connectivity index (χ3v) is 5.62. The highest BCUT2D eigenvalue weighted by atomic mass is 79.9. The zero-order chi connectivity index (χ0) is 12.5. The standard InChI is InChI=1S/C12H12BrN3S2/c1-14-10(11-9(13)2-4-17-11)6-8-7-16-3-5-18-12(16)15-8/h2-5,7,10,14H,6H2,1H3. The van der Waals surface area contributed by atoms with E-state index in [1.165, 1.54) is 9.35 Å². The second kappa shape index (κ2) is 5.13. The molecule has 0 bridgehead atoms. The third kappa shape index (κ3) is 2.25. The van der Waals surface area contributed by atoms with E-state index in [4.69, 9.17) is 0 Å². The Bertz CT molecular complexity index is 626. The minimum absolute atomic E-state index is 0.309. The van der Waals surface area contributed by atoms with E-state index in [0.717, 1.165) is 17.1 Å². The van der Waals surface area contributed by atoms with Crippen molar-refractivity contribution in [2.45, 2.75) is 12.5 Å². The van der Waals surface area contributed by atoms with Crippen molar-refractivity contribution >= 4 is 43.6 Å². The van der Waals surface area contributed by atoms with E-state index in [2.05, 4.69) is 53.7 Å². The minimum atomic E-state index is 0.309. The zero-order valence-electron chi connectivity index (χ0n) is 9.76. The second-order valence-corrected chi connectivity index (χ2v) is 6.68. The quantitative estimate of drug-likeness (QED) is 0.783. The molecule has 1 unspecified atom stereocenters. The van der Waals surface area contributed by atoms with E-state index in [1.54, 1.807) is 22.7 Å². The summed E-state index contributed by atoms with van der Waals surface area (Å²) in [4.78, 5) is 7.02. The first-order chi connectivity index (χ1) is 8.78. The van der Waals surface area contributed by atoms with Crippen molar-refractivity contribution in [2.24, 2.45) is 0 Å². The number of likely N-dealkylation sites (N-methyl/N-ethyl adjacent to an activating group) is 1. The van der Waals surface area contributed by atoms with Crippen LogP contribution in [0.25, 0.3) is 4.96 Å². The first kappa shape index (κ1) is 12.3. The number of rotatable bonds is 4. The van der Waals surface area contributed by atoms with Crippen LogP contribution in [0, 0.1) is 0 Å². The average Bonchev–Trinajstić information content (AvgIpc) is 3.01. The first-order valence-corrected chi connectivity index (χ1v) is 8.14. The Labute approximate surface area is 122 Å². The van der Waals surface area contributed by atoms with Crippen LogP contribution in [-0.4, -0.2) is 16.4 Å². The van der Waals surface area contributed by atoms with E-state index < -0.39 is 0 Å². The summed E-state index contributed by atoms with van der Waals surface area (Å²) in [6, 6.07) is 2.40. The summed E-state index contributed by atoms with van der Waals surface area (Å²) in [5.74, 6) is 0. The van der Waals surface area contributed by atoms with Crippen LogP contribution in [0.5, 0.6) is 0 Å². The van der Waals surface area contributed by atoms with Crippen LogP contribution in [0.2, 0.25) is 0 Å². The van der Waals surface area contributed by atoms with Crippen LogP contribution < -0.4 is 5.32 Å². The van der Waals surface area contributed by atoms with E-state index in [9.17, 15) is 0 Å². The molecule has 0 radical (unpaired) electrons. The molecule has 0 aliphatic heterocycles. The molecule has 3 aromatic heterocycles. The average molecular weight is 342 g/mol. The molecule has 0 spiro atoms. The normalized spacial score (nSPS) is 13.2. The molecule has 94 valence electrons. The van der Waals surface area contributed by atoms with Crippen LogP contribution in [0.1, 0.15) is 16.6 Å². The molecular weight excluding hydrogens is 330 g/mol. The smallest absolute Gasteiger partial charge is 0.193 e. The number of hydrogen-bond donors (Lipinski definition) is 1. The summed E-state index contributed by atoms with van der Waals surface area (Å²) in [6.45, 7) is 0. The summed E-state index contributed by atoms with van der Waals surface area (Å²) in [7, 11) is 2.00. The van der Waals surface area contributed by atoms with Crippen molar-refractivity contribution in [3.63, 3.8) is 0 Å². The lowest BCUT2D eigenvalue weighted by atomic mass is 10.1. The number of halogens is 1. The number of fused-ring (bicyclic) bond motifs is 1. The topological polar surface area (TPSA) is 29.3 Å². The molecule has 3 heterocycles. The SMILES string of the molecule is CNC(Cc1cn2ccsc2n1)c1sccc1Br. The second-order valence-electron chi connectivity index (χ2n) is 4.00. The third-order valence-electron chi connectivity index (χ3n) is 2.87. The van der Waals surface area contributed by atoms with Gasteiger partial charge >= 0.3 is 0 Å². The van der Waals surface area contributed by atoms with Gasteiger partial charge < -0.3 is 5.32 Å². The van der Waals surface area contributed by atoms with Crippen molar-refractivity contribution in [1.29, 1.82) is 0 Å². The monoisotopic (exact) mass is 341 g/mol. The molecule has 1 atom stereocenters. The molecule has 3 aromatic rings. The van der Waals surface area contributed by atoms with Gasteiger partial charge in [0.2, 0.25) is 0 Å². The van der Waals surface area contributed by atoms with Crippen molar-refractivity contribution in [2.75, 3.05) is 7.05 Å². The van der Waals surface area contributed by atoms with Gasteiger partial charge in [0.05, 0.1) is 5.69 Å². The molecule has 0 saturated carbocycles. The van der Waals surface area contributed by atoms with Crippen molar-refractivity contribution < 1.29 is 0 Å². The Balaban J connectivity index is 1.86. The van der Waals surface area contributed by atoms with Gasteiger partial charge in [-0.05, 0) is 34.4 Å². The number of hydrogen-bond acceptors (Lipinski definition) is 4. The largest absolute Gasteiger partial charge is 0.312 e. The molecule has 0 fully saturated rings. The molecule has 0 aliphatic carbocycles. The number of nitrogens with zero attached hydrogens (tertiary/aromatic N) is 2. The van der Waals surface area contributed by atoms with Gasteiger partial charge in [-0.25, -0.2) is 4.98 Å². The lowest BCUT2D eigenvalue weighted by Crippen LogP contribution is -2.18. The van der Waals surface area contributed by atoms with Gasteiger partial charge in [-0.1, -0.05) is 0 Å². The van der Waals surface area contributed by atoms with Crippen molar-refractivity contribution in [3.05, 3.63) is 44.3 Å². The predicted molar refractivity (Wildman–Crippen MR) is 80.6 cm³/mol. The molecule has 3 nitrogen and oxygen atoms in total. The fraction of sp³-hybridized carbons (Fsp3) is 0.250. The maximum atomic E-state index is 4.63. The lowest BCUT2D eigenvalue weighted by molar-refractivity contribution is 0.594. The number of thiophene rings is 1. The van der Waals surface area contributed by atoms with Gasteiger partial charge in [-0.3, -0.25) is 4.40 Å². The molecule has 0 aromatic carbocycles. The van der Waals surface area contributed by atoms with Gasteiger partial charge in [0.25, 0.3) is 0 Å². The Hall–Kier alpha value is -0.690. The van der Waals surface area contributed by atoms with Crippen LogP contribution in [0.3, 0.4) is 0 Å². The first-order valence-electron chi connectivity index (χ1n) is 5.59. The molecule has 0 amide bonds. The van der Waals surface area contributed by atoms with E-state index >= 15 is 0 Å². The Morgan fingerprint density at radius 2 is 2.33 bits per heavy atom. The fourth-order valence-electron chi connectivity index (χ4n) is 1.96. The molecular formula is C12H12BrN3S2. The highest BCUT2D eigenvalue weighted by molar-refractivity contribution is 9.10. The van der Waals surface area contributed by atoms with Gasteiger partial charge in [0.15, 0.2) is 4.96 Å². The van der Waals surface area contributed by atoms with Crippen molar-refractivity contribution in [1.82, 2.24) is 14.7 Å². The highest BCUT2D eigenvalue weighted by Crippen LogP contribution is 2.30. The zero-order valence-corrected chi connectivity index (χ0v) is 13.0. The molecule has 18 heavy (non-hydrogen) atoms. The highest BCUT2D eigenvalue weighted by Gasteiger charge is 2.16. The number of thiazole rings is 1. The molecule has 6 heteroatoms. The molecule has 0 aliphatic rings. The maximum Gasteiger partial charge on any atom is 0.193 e. The summed E-state index contributed by atoms with van der Waals surface area (Å²) >= 11 is 7.03. The van der Waals surface area contributed by atoms with Gasteiger partial charge in [-0.15, -0.1) is 22.7 Å². The van der Waals surface area contributed by atoms with Crippen LogP contribution in [0.15, 0.2) is 33.7 Å². The summed E-state index contributed by atoms with van der Waals surface area (Å²) in [6.07, 6.45) is 5.06. The number of aromatic nitrogens is 2. The van der Waals surface area contributed by atoms with E-state index in [0.29, 0.717) is 6.04 Å². The fourth-order valence-corrected chi connectivity index (χ4v) is 4.44. The molecule has 1 N–H and O–H groups in total. The Morgan fingerprint density at radius 1 is 1.44 bits per heavy atom. The van der Waals surface area contributed by atoms with Gasteiger partial charge in [-0.2, -0.15) is 0 Å². The van der Waals surface area contributed by atoms with Crippen LogP contribution in [0.4, 0.5) is 0 Å². The van der Waals surface area contributed by atoms with Crippen molar-refractivity contribution in [3.8, 4) is 0 Å². The van der Waals surface area contributed by atoms with Crippen LogP contribution in [-0.2, 0) is 6.42 Å². The summed E-state index contributed by atoms with van der Waals surface area (Å²) in [5, 5.41) is 7.52. The summed E-state index contributed by atoms with van der Waals surface area (Å²) < 4.78 is 3.25. The molecule has 3 rings (SSSR count). The molecule has 0 saturated heterocycles. The Morgan fingerprint density at radius 3 is 3.00 bits per heavy atom. The van der Waals surface area contributed by atoms with E-state index in [1.807, 2.05) is 13.2 Å². The summed E-state index contributed by atoms with van der Waals surface area (Å²) in [5.41, 5.74) is 1.13. The number of imidazole rings is 1. The Kier molecular flexibility index (Phi) is 3.52. The number of nitrogens with one attached hydrogen (secondary N) is 1. The van der Waals surface area contributed by atoms with Gasteiger partial charge in [0, 0.05) is 39.6 Å². The minimum Gasteiger partial charge on any atom is -0.312 e. The maximum absolute atomic E-state index is 4.63. The van der Waals surface area contributed by atoms with Gasteiger partial charge in [0.1, 0.15) is 0 Å². The van der Waals surface area contributed by atoms with E-state index in [-0.39, 0.29) is 0 Å². The van der Waals surface area contributed by atoms with Crippen LogP contribution >= 0.6 is 38.6 Å². The predicted octanol–water partition coefficient (Wildman–Crippen LogP) is 3.72.